The van der Waals surface area contributed by atoms with Gasteiger partial charge in [0.25, 0.3) is 0 Å². The summed E-state index contributed by atoms with van der Waals surface area (Å²) in [6, 6.07) is 12.5. The molecule has 19 heteroatoms. The summed E-state index contributed by atoms with van der Waals surface area (Å²) in [6.45, 7) is 11.1. The first-order chi connectivity index (χ1) is 38.1. The zero-order valence-corrected chi connectivity index (χ0v) is 46.1. The van der Waals surface area contributed by atoms with Crippen molar-refractivity contribution in [2.45, 2.75) is 109 Å². The van der Waals surface area contributed by atoms with E-state index < -0.39 is 23.6 Å². The number of anilines is 2. The topological polar surface area (TPSA) is 198 Å². The second-order valence-electron chi connectivity index (χ2n) is 21.6. The van der Waals surface area contributed by atoms with Crippen LogP contribution in [0.3, 0.4) is 0 Å². The first-order valence-corrected chi connectivity index (χ1v) is 27.4. The van der Waals surface area contributed by atoms with Gasteiger partial charge in [0.05, 0.1) is 47.8 Å². The zero-order valence-electron chi connectivity index (χ0n) is 46.1. The predicted octanol–water partition coefficient (Wildman–Crippen LogP) is 7.68. The Morgan fingerprint density at radius 1 is 1.06 bits per heavy atom. The van der Waals surface area contributed by atoms with Gasteiger partial charge in [0.15, 0.2) is 5.82 Å². The zero-order chi connectivity index (χ0) is 56.5. The minimum Gasteiger partial charge on any atom is -0.508 e. The highest BCUT2D eigenvalue weighted by Gasteiger charge is 2.47. The van der Waals surface area contributed by atoms with Crippen molar-refractivity contribution in [2.24, 2.45) is 11.3 Å². The third kappa shape index (κ3) is 13.2. The van der Waals surface area contributed by atoms with Crippen molar-refractivity contribution in [3.8, 4) is 41.4 Å². The molecule has 3 unspecified atom stereocenters. The lowest BCUT2D eigenvalue weighted by molar-refractivity contribution is -0.132. The summed E-state index contributed by atoms with van der Waals surface area (Å²) in [5, 5.41) is 23.8. The van der Waals surface area contributed by atoms with E-state index in [2.05, 4.69) is 32.1 Å². The van der Waals surface area contributed by atoms with Gasteiger partial charge in [0.2, 0.25) is 11.8 Å². The molecular weight excluding hydrogens is 1010 g/mol. The molecule has 2 N–H and O–H groups in total. The summed E-state index contributed by atoms with van der Waals surface area (Å²) in [6.07, 6.45) is 14.6. The number of aromatic hydroxyl groups is 1. The molecule has 3 aliphatic rings. The summed E-state index contributed by atoms with van der Waals surface area (Å²) < 4.78 is 45.8. The molecule has 3 aromatic carbocycles. The molecule has 418 valence electrons. The van der Waals surface area contributed by atoms with E-state index in [1.54, 1.807) is 25.9 Å². The molecule has 2 aliphatic heterocycles. The van der Waals surface area contributed by atoms with Crippen LogP contribution in [0, 0.1) is 46.6 Å². The van der Waals surface area contributed by atoms with Gasteiger partial charge in [-0.15, -0.1) is 6.42 Å². The number of benzene rings is 3. The number of carbonyl (C=O) groups excluding carboxylic acids is 4. The number of nitrogens with one attached hydrogen (secondary N) is 1. The van der Waals surface area contributed by atoms with Crippen LogP contribution in [0.1, 0.15) is 100 Å². The van der Waals surface area contributed by atoms with Crippen molar-refractivity contribution >= 4 is 57.6 Å². The number of phenols is 1. The van der Waals surface area contributed by atoms with E-state index in [-0.39, 0.29) is 94.4 Å². The summed E-state index contributed by atoms with van der Waals surface area (Å²) in [7, 11) is 5.13. The highest BCUT2D eigenvalue weighted by atomic mass is 19.1. The number of piperidine rings is 1. The maximum atomic E-state index is 17.5. The fourth-order valence-corrected chi connectivity index (χ4v) is 11.1. The molecule has 1 aliphatic carbocycles. The first-order valence-electron chi connectivity index (χ1n) is 27.4. The van der Waals surface area contributed by atoms with Gasteiger partial charge >= 0.3 is 6.01 Å². The molecule has 5 aromatic rings. The minimum atomic E-state index is -0.840. The van der Waals surface area contributed by atoms with Gasteiger partial charge < -0.3 is 39.4 Å². The molecule has 0 radical (unpaired) electrons. The van der Waals surface area contributed by atoms with Gasteiger partial charge in [-0.3, -0.25) is 29.2 Å². The van der Waals surface area contributed by atoms with Crippen molar-refractivity contribution in [3.05, 3.63) is 77.0 Å². The number of aromatic nitrogens is 3. The summed E-state index contributed by atoms with van der Waals surface area (Å²) >= 11 is 0. The molecule has 1 saturated carbocycles. The summed E-state index contributed by atoms with van der Waals surface area (Å²) in [5.41, 5.74) is 1.90. The van der Waals surface area contributed by atoms with Crippen molar-refractivity contribution in [3.63, 3.8) is 0 Å². The van der Waals surface area contributed by atoms with E-state index in [0.29, 0.717) is 61.1 Å². The number of hydrogen-bond acceptors (Lipinski definition) is 15. The van der Waals surface area contributed by atoms with Gasteiger partial charge in [-0.05, 0) is 106 Å². The molecule has 4 heterocycles. The number of terminal acetylenes is 1. The Hall–Kier alpha value is -7.32. The maximum absolute atomic E-state index is 17.5. The van der Waals surface area contributed by atoms with Crippen LogP contribution in [-0.2, 0) is 25.7 Å². The van der Waals surface area contributed by atoms with Crippen LogP contribution in [-0.4, -0.2) is 157 Å². The second kappa shape index (κ2) is 25.6. The Labute approximate surface area is 461 Å². The molecule has 17 nitrogen and oxygen atoms in total. The molecule has 2 saturated heterocycles. The Bertz CT molecular complexity index is 3130. The number of hydrogen-bond donors (Lipinski definition) is 2. The van der Waals surface area contributed by atoms with E-state index >= 15 is 8.78 Å². The Morgan fingerprint density at radius 3 is 2.48 bits per heavy atom. The Kier molecular flexibility index (Phi) is 18.8. The van der Waals surface area contributed by atoms with Crippen LogP contribution < -0.4 is 19.9 Å². The van der Waals surface area contributed by atoms with Gasteiger partial charge in [0.1, 0.15) is 41.2 Å². The van der Waals surface area contributed by atoms with E-state index in [1.165, 1.54) is 30.5 Å². The number of pyridine rings is 1. The molecule has 0 spiro atoms. The number of amides is 2. The van der Waals surface area contributed by atoms with Crippen molar-refractivity contribution in [1.29, 1.82) is 5.26 Å². The molecule has 0 bridgehead atoms. The van der Waals surface area contributed by atoms with Gasteiger partial charge in [-0.25, -0.2) is 8.78 Å². The minimum absolute atomic E-state index is 0.0393. The number of halogens is 2. The van der Waals surface area contributed by atoms with Crippen LogP contribution in [0.2, 0.25) is 0 Å². The fraction of sp³-hybridized carbons (Fsp3) is 0.500. The fourth-order valence-electron chi connectivity index (χ4n) is 11.1. The Balaban J connectivity index is 0.955. The number of carbonyl (C=O) groups is 4. The first kappa shape index (κ1) is 57.8. The van der Waals surface area contributed by atoms with Crippen LogP contribution in [0.4, 0.5) is 20.3 Å². The quantitative estimate of drug-likeness (QED) is 0.0404. The molecule has 3 fully saturated rings. The van der Waals surface area contributed by atoms with E-state index in [4.69, 9.17) is 25.9 Å². The van der Waals surface area contributed by atoms with Crippen LogP contribution in [0.5, 0.6) is 11.8 Å². The molecule has 8 rings (SSSR count). The third-order valence-corrected chi connectivity index (χ3v) is 15.9. The van der Waals surface area contributed by atoms with Gasteiger partial charge in [-0.1, -0.05) is 25.8 Å². The second-order valence-corrected chi connectivity index (χ2v) is 21.6. The van der Waals surface area contributed by atoms with Crippen molar-refractivity contribution in [1.82, 2.24) is 35.0 Å². The third-order valence-electron chi connectivity index (χ3n) is 15.9. The molecular formula is C60H72F2N10O7. The number of rotatable bonds is 26. The lowest BCUT2D eigenvalue weighted by Crippen LogP contribution is -2.56. The largest absolute Gasteiger partial charge is 0.508 e. The van der Waals surface area contributed by atoms with Crippen LogP contribution in [0.25, 0.3) is 32.9 Å². The SMILES string of the molecule is C#Cc1c(F)ccc2cc(O)cc(-c3ncc4c(N(CCC)CC(CC)N(C)C(=O)CC(C)C#N)nc(OCC5(CN6CC(OC7CCN(c8ccc(C=O)c(CN(C)C(CCC=O)C(=O)NC)c8)CC7)C6)CC5)nc4c3F)c12. The number of fused-ring (bicyclic) bond motifs is 2. The number of nitriles is 1. The average Bonchev–Trinajstić information content (AvgIpc) is 4.34. The maximum Gasteiger partial charge on any atom is 0.319 e. The standard InChI is InChI=1S/C60H72F2N10O7/c1-8-21-72(32-42(9-2)69(7)52(76)25-38(4)29-63)57-49-30-65-55(48-28-44(75)27-39-14-16-50(61)47(10-3)53(39)48)54(62)56(49)66-59(67-57)78-37-60(19-20-60)36-70-33-46(34-70)79-45-17-22-71(23-18-45)43-15-13-40(35-74)41(26-43)31-68(6)51(12-11-24-73)58(77)64-5/h3,13-16,24,26-28,30,35,38,42,45-46,51,75H,8-9,11-12,17-23,25,31-34,36-37H2,1-2,4-7H3,(H,64,77). The Morgan fingerprint density at radius 2 is 1.82 bits per heavy atom. The summed E-state index contributed by atoms with van der Waals surface area (Å²) in [4.78, 5) is 73.7. The molecule has 79 heavy (non-hydrogen) atoms. The smallest absolute Gasteiger partial charge is 0.319 e. The summed E-state index contributed by atoms with van der Waals surface area (Å²) in [5.74, 6) is 0.249. The van der Waals surface area contributed by atoms with E-state index in [0.717, 1.165) is 82.2 Å². The lowest BCUT2D eigenvalue weighted by atomic mass is 9.96. The predicted molar refractivity (Wildman–Crippen MR) is 299 cm³/mol. The highest BCUT2D eigenvalue weighted by Crippen LogP contribution is 2.48. The van der Waals surface area contributed by atoms with Gasteiger partial charge in [-0.2, -0.15) is 15.2 Å². The highest BCUT2D eigenvalue weighted by molar-refractivity contribution is 6.03. The lowest BCUT2D eigenvalue weighted by Gasteiger charge is -2.44. The number of aldehydes is 2. The van der Waals surface area contributed by atoms with Crippen LogP contribution in [0.15, 0.2) is 48.7 Å². The van der Waals surface area contributed by atoms with Crippen molar-refractivity contribution < 1.29 is 42.5 Å². The number of ether oxygens (including phenoxy) is 2. The van der Waals surface area contributed by atoms with E-state index in [9.17, 15) is 29.5 Å². The molecule has 2 amide bonds. The number of nitrogens with zero attached hydrogens (tertiary/aromatic N) is 9. The van der Waals surface area contributed by atoms with E-state index in [1.807, 2.05) is 48.9 Å². The number of likely N-dealkylation sites (N-methyl/N-ethyl adjacent to an activating group) is 3. The molecule has 3 atom stereocenters. The number of phenolic OH excluding ortho intramolecular Hbond substituents is 1. The van der Waals surface area contributed by atoms with Crippen LogP contribution >= 0.6 is 0 Å². The molecule has 2 aromatic heterocycles. The number of likely N-dealkylation sites (tertiary alicyclic amines) is 1. The monoisotopic (exact) mass is 1080 g/mol. The normalized spacial score (nSPS) is 16.6. The van der Waals surface area contributed by atoms with Crippen molar-refractivity contribution in [2.75, 3.05) is 83.4 Å². The van der Waals surface area contributed by atoms with Gasteiger partial charge in [0, 0.05) is 119 Å². The average molecular weight is 1080 g/mol.